The minimum absolute atomic E-state index is 0.138. The van der Waals surface area contributed by atoms with Crippen LogP contribution in [0.25, 0.3) is 11.1 Å². The number of nitrogens with two attached hydrogens (primary N) is 2. The number of fused-ring (bicyclic) bond motifs is 1. The Morgan fingerprint density at radius 1 is 1.15 bits per heavy atom. The van der Waals surface area contributed by atoms with Crippen LogP contribution in [0.3, 0.4) is 0 Å². The van der Waals surface area contributed by atoms with E-state index in [4.69, 9.17) is 15.9 Å². The van der Waals surface area contributed by atoms with Crippen LogP contribution in [0.15, 0.2) is 4.42 Å². The maximum Gasteiger partial charge on any atom is 0.233 e. The average molecular weight is 178 g/mol. The van der Waals surface area contributed by atoms with Crippen molar-refractivity contribution in [1.29, 1.82) is 0 Å². The van der Waals surface area contributed by atoms with Gasteiger partial charge in [-0.3, -0.25) is 0 Å². The van der Waals surface area contributed by atoms with Crippen LogP contribution in [0, 0.1) is 13.8 Å². The molecule has 5 heteroatoms. The molecule has 0 radical (unpaired) electrons. The number of anilines is 2. The van der Waals surface area contributed by atoms with Gasteiger partial charge >= 0.3 is 0 Å². The lowest BCUT2D eigenvalue weighted by molar-refractivity contribution is 0.564. The Labute approximate surface area is 74.8 Å². The van der Waals surface area contributed by atoms with Gasteiger partial charge in [0.05, 0.1) is 5.39 Å². The van der Waals surface area contributed by atoms with Crippen LogP contribution in [0.2, 0.25) is 0 Å². The first-order valence-corrected chi connectivity index (χ1v) is 3.88. The molecule has 0 atom stereocenters. The van der Waals surface area contributed by atoms with Crippen LogP contribution < -0.4 is 11.5 Å². The Bertz CT molecular complexity index is 474. The summed E-state index contributed by atoms with van der Waals surface area (Å²) in [5, 5.41) is 0.756. The molecule has 0 saturated heterocycles. The van der Waals surface area contributed by atoms with E-state index in [1.54, 1.807) is 0 Å². The van der Waals surface area contributed by atoms with Gasteiger partial charge in [-0.15, -0.1) is 0 Å². The standard InChI is InChI=1S/C8H10N4O/c1-3-4(2)13-7-5(3)6(9)11-8(10)12-7/h1-2H3,(H4,9,10,11,12). The molecule has 0 unspecified atom stereocenters. The van der Waals surface area contributed by atoms with Crippen molar-refractivity contribution in [3.8, 4) is 0 Å². The summed E-state index contributed by atoms with van der Waals surface area (Å²) in [5.41, 5.74) is 12.5. The molecule has 0 aromatic carbocycles. The number of nitrogen functional groups attached to an aromatic ring is 2. The lowest BCUT2D eigenvalue weighted by Gasteiger charge is -1.95. The highest BCUT2D eigenvalue weighted by molar-refractivity contribution is 5.89. The molecule has 4 N–H and O–H groups in total. The van der Waals surface area contributed by atoms with Gasteiger partial charge in [-0.25, -0.2) is 0 Å². The first-order valence-electron chi connectivity index (χ1n) is 3.88. The quantitative estimate of drug-likeness (QED) is 0.628. The number of hydrogen-bond donors (Lipinski definition) is 2. The molecule has 0 aliphatic rings. The molecule has 0 spiro atoms. The van der Waals surface area contributed by atoms with Crippen molar-refractivity contribution in [2.75, 3.05) is 11.5 Å². The second kappa shape index (κ2) is 2.35. The lowest BCUT2D eigenvalue weighted by Crippen LogP contribution is -1.99. The molecule has 5 nitrogen and oxygen atoms in total. The fourth-order valence-electron chi connectivity index (χ4n) is 1.30. The number of hydrogen-bond acceptors (Lipinski definition) is 5. The summed E-state index contributed by atoms with van der Waals surface area (Å²) in [5.74, 6) is 1.30. The fourth-order valence-corrected chi connectivity index (χ4v) is 1.30. The van der Waals surface area contributed by atoms with Gasteiger partial charge in [0, 0.05) is 5.56 Å². The maximum absolute atomic E-state index is 5.68. The second-order valence-electron chi connectivity index (χ2n) is 2.93. The zero-order valence-corrected chi connectivity index (χ0v) is 7.46. The second-order valence-corrected chi connectivity index (χ2v) is 2.93. The van der Waals surface area contributed by atoms with Gasteiger partial charge in [-0.1, -0.05) is 0 Å². The van der Waals surface area contributed by atoms with E-state index in [0.717, 1.165) is 16.7 Å². The van der Waals surface area contributed by atoms with Crippen LogP contribution >= 0.6 is 0 Å². The van der Waals surface area contributed by atoms with Gasteiger partial charge in [0.15, 0.2) is 0 Å². The van der Waals surface area contributed by atoms with Gasteiger partial charge in [0.25, 0.3) is 0 Å². The van der Waals surface area contributed by atoms with E-state index in [1.165, 1.54) is 0 Å². The van der Waals surface area contributed by atoms with Crippen molar-refractivity contribution in [3.63, 3.8) is 0 Å². The Hall–Kier alpha value is -1.78. The maximum atomic E-state index is 5.68. The summed E-state index contributed by atoms with van der Waals surface area (Å²) < 4.78 is 5.35. The molecule has 2 aromatic rings. The smallest absolute Gasteiger partial charge is 0.233 e. The number of rotatable bonds is 0. The molecule has 0 aliphatic carbocycles. The van der Waals surface area contributed by atoms with Crippen LogP contribution in [-0.4, -0.2) is 9.97 Å². The van der Waals surface area contributed by atoms with Gasteiger partial charge in [0.2, 0.25) is 11.7 Å². The molecule has 0 saturated carbocycles. The summed E-state index contributed by atoms with van der Waals surface area (Å²) in [4.78, 5) is 7.80. The van der Waals surface area contributed by atoms with E-state index in [9.17, 15) is 0 Å². The molecule has 0 amide bonds. The van der Waals surface area contributed by atoms with E-state index in [-0.39, 0.29) is 5.95 Å². The largest absolute Gasteiger partial charge is 0.443 e. The third kappa shape index (κ3) is 1.00. The monoisotopic (exact) mass is 178 g/mol. The minimum atomic E-state index is 0.138. The molecule has 0 bridgehead atoms. The lowest BCUT2D eigenvalue weighted by atomic mass is 10.2. The van der Waals surface area contributed by atoms with Crippen molar-refractivity contribution >= 4 is 22.9 Å². The van der Waals surface area contributed by atoms with Crippen LogP contribution in [0.1, 0.15) is 11.3 Å². The fraction of sp³-hybridized carbons (Fsp3) is 0.250. The first-order chi connectivity index (χ1) is 6.09. The summed E-state index contributed by atoms with van der Waals surface area (Å²) in [7, 11) is 0. The Balaban J connectivity index is 2.94. The van der Waals surface area contributed by atoms with Crippen molar-refractivity contribution in [1.82, 2.24) is 9.97 Å². The van der Waals surface area contributed by atoms with Gasteiger partial charge < -0.3 is 15.9 Å². The van der Waals surface area contributed by atoms with Crippen molar-refractivity contribution in [2.45, 2.75) is 13.8 Å². The average Bonchev–Trinajstić information content (AvgIpc) is 2.27. The van der Waals surface area contributed by atoms with E-state index in [1.807, 2.05) is 13.8 Å². The molecular weight excluding hydrogens is 168 g/mol. The first kappa shape index (κ1) is 7.85. The molecule has 2 heterocycles. The minimum Gasteiger partial charge on any atom is -0.443 e. The topological polar surface area (TPSA) is 91.0 Å². The van der Waals surface area contributed by atoms with Gasteiger partial charge in [-0.05, 0) is 13.8 Å². The Morgan fingerprint density at radius 3 is 2.54 bits per heavy atom. The highest BCUT2D eigenvalue weighted by Gasteiger charge is 2.12. The molecular formula is C8H10N4O. The summed E-state index contributed by atoms with van der Waals surface area (Å²) in [6.45, 7) is 3.77. The number of nitrogens with zero attached hydrogens (tertiary/aromatic N) is 2. The predicted molar refractivity (Wildman–Crippen MR) is 50.1 cm³/mol. The number of aryl methyl sites for hydroxylation is 2. The normalized spacial score (nSPS) is 10.9. The van der Waals surface area contributed by atoms with E-state index in [2.05, 4.69) is 9.97 Å². The molecule has 2 rings (SSSR count). The molecule has 0 fully saturated rings. The molecule has 68 valence electrons. The van der Waals surface area contributed by atoms with Crippen molar-refractivity contribution < 1.29 is 4.42 Å². The SMILES string of the molecule is Cc1oc2nc(N)nc(N)c2c1C. The van der Waals surface area contributed by atoms with E-state index >= 15 is 0 Å². The zero-order valence-electron chi connectivity index (χ0n) is 7.46. The van der Waals surface area contributed by atoms with Crippen molar-refractivity contribution in [2.24, 2.45) is 0 Å². The highest BCUT2D eigenvalue weighted by Crippen LogP contribution is 2.27. The predicted octanol–water partition coefficient (Wildman–Crippen LogP) is 1.00. The highest BCUT2D eigenvalue weighted by atomic mass is 16.3. The zero-order chi connectivity index (χ0) is 9.59. The van der Waals surface area contributed by atoms with Gasteiger partial charge in [0.1, 0.15) is 11.6 Å². The van der Waals surface area contributed by atoms with E-state index in [0.29, 0.717) is 11.5 Å². The number of furan rings is 1. The molecule has 13 heavy (non-hydrogen) atoms. The van der Waals surface area contributed by atoms with Gasteiger partial charge in [-0.2, -0.15) is 9.97 Å². The van der Waals surface area contributed by atoms with Crippen LogP contribution in [0.5, 0.6) is 0 Å². The summed E-state index contributed by atoms with van der Waals surface area (Å²) >= 11 is 0. The molecule has 2 aromatic heterocycles. The number of aromatic nitrogens is 2. The van der Waals surface area contributed by atoms with Crippen LogP contribution in [0.4, 0.5) is 11.8 Å². The van der Waals surface area contributed by atoms with Crippen molar-refractivity contribution in [3.05, 3.63) is 11.3 Å². The summed E-state index contributed by atoms with van der Waals surface area (Å²) in [6, 6.07) is 0. The third-order valence-electron chi connectivity index (χ3n) is 2.07. The Kier molecular flexibility index (Phi) is 1.42. The van der Waals surface area contributed by atoms with Crippen LogP contribution in [-0.2, 0) is 0 Å². The van der Waals surface area contributed by atoms with E-state index < -0.39 is 0 Å². The summed E-state index contributed by atoms with van der Waals surface area (Å²) in [6.07, 6.45) is 0. The Morgan fingerprint density at radius 2 is 1.85 bits per heavy atom. The molecule has 0 aliphatic heterocycles. The third-order valence-corrected chi connectivity index (χ3v) is 2.07.